The maximum Gasteiger partial charge on any atom is 0.246 e. The van der Waals surface area contributed by atoms with E-state index in [-0.39, 0.29) is 5.91 Å². The van der Waals surface area contributed by atoms with Gasteiger partial charge in [0.1, 0.15) is 11.5 Å². The lowest BCUT2D eigenvalue weighted by Gasteiger charge is -2.33. The fourth-order valence-electron chi connectivity index (χ4n) is 2.59. The van der Waals surface area contributed by atoms with Crippen LogP contribution in [-0.2, 0) is 11.3 Å². The van der Waals surface area contributed by atoms with Crippen LogP contribution in [0.15, 0.2) is 34.8 Å². The molecule has 2 aromatic heterocycles. The molecule has 0 aliphatic carbocycles. The number of carbonyl (C=O) groups is 1. The summed E-state index contributed by atoms with van der Waals surface area (Å²) in [5, 5.41) is 0. The zero-order valence-corrected chi connectivity index (χ0v) is 14.6. The molecule has 2 aromatic rings. The van der Waals surface area contributed by atoms with E-state index in [1.54, 1.807) is 23.5 Å². The molecule has 0 atom stereocenters. The number of rotatable bonds is 4. The van der Waals surface area contributed by atoms with E-state index in [2.05, 4.69) is 11.0 Å². The molecule has 1 fully saturated rings. The predicted molar refractivity (Wildman–Crippen MR) is 93.7 cm³/mol. The number of carbonyl (C=O) groups excluding carboxylic acids is 1. The van der Waals surface area contributed by atoms with Crippen LogP contribution in [0.2, 0.25) is 4.34 Å². The van der Waals surface area contributed by atoms with Crippen molar-refractivity contribution < 1.29 is 9.21 Å². The van der Waals surface area contributed by atoms with E-state index < -0.39 is 0 Å². The Morgan fingerprint density at radius 3 is 2.65 bits per heavy atom. The minimum atomic E-state index is 0.0397. The van der Waals surface area contributed by atoms with Crippen molar-refractivity contribution in [1.82, 2.24) is 9.80 Å². The third-order valence-corrected chi connectivity index (χ3v) is 5.06. The van der Waals surface area contributed by atoms with Gasteiger partial charge in [-0.1, -0.05) is 11.6 Å². The Kier molecular flexibility index (Phi) is 5.20. The topological polar surface area (TPSA) is 36.7 Å². The van der Waals surface area contributed by atoms with Gasteiger partial charge in [0.05, 0.1) is 4.34 Å². The van der Waals surface area contributed by atoms with Gasteiger partial charge in [0, 0.05) is 43.7 Å². The number of furan rings is 1. The van der Waals surface area contributed by atoms with Crippen molar-refractivity contribution in [2.75, 3.05) is 26.2 Å². The molecule has 0 bridgehead atoms. The van der Waals surface area contributed by atoms with Gasteiger partial charge >= 0.3 is 0 Å². The molecule has 6 heteroatoms. The molecule has 3 rings (SSSR count). The number of amides is 1. The molecule has 3 heterocycles. The van der Waals surface area contributed by atoms with Gasteiger partial charge in [-0.25, -0.2) is 0 Å². The fourth-order valence-corrected chi connectivity index (χ4v) is 3.72. The van der Waals surface area contributed by atoms with E-state index in [4.69, 9.17) is 16.0 Å². The van der Waals surface area contributed by atoms with Gasteiger partial charge in [0.2, 0.25) is 5.91 Å². The maximum atomic E-state index is 12.2. The average molecular weight is 351 g/mol. The zero-order chi connectivity index (χ0) is 16.2. The number of piperazine rings is 1. The Bertz CT molecular complexity index is 699. The first-order chi connectivity index (χ1) is 11.1. The van der Waals surface area contributed by atoms with Crippen LogP contribution in [0.5, 0.6) is 0 Å². The minimum Gasteiger partial charge on any atom is -0.462 e. The molecule has 4 nitrogen and oxygen atoms in total. The Hall–Kier alpha value is -1.56. The Balaban J connectivity index is 1.48. The van der Waals surface area contributed by atoms with Crippen molar-refractivity contribution in [2.24, 2.45) is 0 Å². The SMILES string of the molecule is Cc1ccc(/C=C/C(=O)N2CCN(Cc3ccc(Cl)s3)CC2)o1. The van der Waals surface area contributed by atoms with Crippen molar-refractivity contribution in [3.05, 3.63) is 51.1 Å². The van der Waals surface area contributed by atoms with Gasteiger partial charge in [0.15, 0.2) is 0 Å². The molecule has 0 spiro atoms. The molecular weight excluding hydrogens is 332 g/mol. The van der Waals surface area contributed by atoms with Gasteiger partial charge in [0.25, 0.3) is 0 Å². The van der Waals surface area contributed by atoms with Crippen LogP contribution in [0.4, 0.5) is 0 Å². The third-order valence-electron chi connectivity index (χ3n) is 3.84. The summed E-state index contributed by atoms with van der Waals surface area (Å²) in [5.41, 5.74) is 0. The predicted octanol–water partition coefficient (Wildman–Crippen LogP) is 3.66. The normalized spacial score (nSPS) is 16.3. The van der Waals surface area contributed by atoms with E-state index in [9.17, 15) is 4.79 Å². The molecule has 1 aliphatic heterocycles. The van der Waals surface area contributed by atoms with Gasteiger partial charge in [-0.2, -0.15) is 0 Å². The highest BCUT2D eigenvalue weighted by Gasteiger charge is 2.20. The second-order valence-corrected chi connectivity index (χ2v) is 7.39. The smallest absolute Gasteiger partial charge is 0.246 e. The zero-order valence-electron chi connectivity index (χ0n) is 13.0. The molecule has 0 unspecified atom stereocenters. The second-order valence-electron chi connectivity index (χ2n) is 5.59. The van der Waals surface area contributed by atoms with Crippen LogP contribution in [0.25, 0.3) is 6.08 Å². The summed E-state index contributed by atoms with van der Waals surface area (Å²) >= 11 is 7.58. The lowest BCUT2D eigenvalue weighted by molar-refractivity contribution is -0.127. The number of hydrogen-bond acceptors (Lipinski definition) is 4. The highest BCUT2D eigenvalue weighted by atomic mass is 35.5. The van der Waals surface area contributed by atoms with E-state index in [1.807, 2.05) is 30.0 Å². The summed E-state index contributed by atoms with van der Waals surface area (Å²) in [6, 6.07) is 7.75. The lowest BCUT2D eigenvalue weighted by atomic mass is 10.3. The standard InChI is InChI=1S/C17H19ClN2O2S/c1-13-2-3-14(22-13)4-7-17(21)20-10-8-19(9-11-20)12-15-5-6-16(18)23-15/h2-7H,8-12H2,1H3/b7-4+. The molecule has 0 radical (unpaired) electrons. The summed E-state index contributed by atoms with van der Waals surface area (Å²) in [6.45, 7) is 6.06. The van der Waals surface area contributed by atoms with Crippen LogP contribution < -0.4 is 0 Å². The van der Waals surface area contributed by atoms with Crippen molar-refractivity contribution in [1.29, 1.82) is 0 Å². The third kappa shape index (κ3) is 4.47. The quantitative estimate of drug-likeness (QED) is 0.789. The minimum absolute atomic E-state index is 0.0397. The summed E-state index contributed by atoms with van der Waals surface area (Å²) in [6.07, 6.45) is 3.32. The number of aryl methyl sites for hydroxylation is 1. The van der Waals surface area contributed by atoms with Gasteiger partial charge in [-0.15, -0.1) is 11.3 Å². The van der Waals surface area contributed by atoms with Crippen LogP contribution in [0.1, 0.15) is 16.4 Å². The Morgan fingerprint density at radius 2 is 2.04 bits per heavy atom. The van der Waals surface area contributed by atoms with E-state index in [0.717, 1.165) is 42.8 Å². The first-order valence-corrected chi connectivity index (χ1v) is 8.79. The van der Waals surface area contributed by atoms with Crippen molar-refractivity contribution >= 4 is 34.9 Å². The van der Waals surface area contributed by atoms with E-state index >= 15 is 0 Å². The lowest BCUT2D eigenvalue weighted by Crippen LogP contribution is -2.47. The maximum absolute atomic E-state index is 12.2. The Labute approximate surface area is 144 Å². The molecular formula is C17H19ClN2O2S. The summed E-state index contributed by atoms with van der Waals surface area (Å²) in [5.74, 6) is 1.60. The van der Waals surface area contributed by atoms with Gasteiger partial charge in [-0.05, 0) is 37.3 Å². The van der Waals surface area contributed by atoms with Gasteiger partial charge in [-0.3, -0.25) is 9.69 Å². The highest BCUT2D eigenvalue weighted by Crippen LogP contribution is 2.23. The largest absolute Gasteiger partial charge is 0.462 e. The van der Waals surface area contributed by atoms with Crippen molar-refractivity contribution in [3.63, 3.8) is 0 Å². The number of thiophene rings is 1. The first kappa shape index (κ1) is 16.3. The first-order valence-electron chi connectivity index (χ1n) is 7.60. The molecule has 0 aromatic carbocycles. The fraction of sp³-hybridized carbons (Fsp3) is 0.353. The molecule has 1 saturated heterocycles. The second kappa shape index (κ2) is 7.34. The van der Waals surface area contributed by atoms with E-state index in [1.165, 1.54) is 4.88 Å². The van der Waals surface area contributed by atoms with Crippen LogP contribution in [0.3, 0.4) is 0 Å². The van der Waals surface area contributed by atoms with Crippen LogP contribution >= 0.6 is 22.9 Å². The molecule has 1 amide bonds. The highest BCUT2D eigenvalue weighted by molar-refractivity contribution is 7.16. The summed E-state index contributed by atoms with van der Waals surface area (Å²) in [4.78, 5) is 17.7. The number of nitrogens with zero attached hydrogens (tertiary/aromatic N) is 2. The van der Waals surface area contributed by atoms with E-state index in [0.29, 0.717) is 5.76 Å². The van der Waals surface area contributed by atoms with Crippen molar-refractivity contribution in [2.45, 2.75) is 13.5 Å². The molecule has 0 N–H and O–H groups in total. The van der Waals surface area contributed by atoms with Crippen LogP contribution in [-0.4, -0.2) is 41.9 Å². The number of halogens is 1. The molecule has 23 heavy (non-hydrogen) atoms. The van der Waals surface area contributed by atoms with Crippen LogP contribution in [0, 0.1) is 6.92 Å². The molecule has 122 valence electrons. The van der Waals surface area contributed by atoms with Crippen molar-refractivity contribution in [3.8, 4) is 0 Å². The Morgan fingerprint density at radius 1 is 1.26 bits per heavy atom. The van der Waals surface area contributed by atoms with Gasteiger partial charge < -0.3 is 9.32 Å². The number of hydrogen-bond donors (Lipinski definition) is 0. The summed E-state index contributed by atoms with van der Waals surface area (Å²) < 4.78 is 6.26. The average Bonchev–Trinajstić information content (AvgIpc) is 3.14. The molecule has 0 saturated carbocycles. The monoisotopic (exact) mass is 350 g/mol. The molecule has 1 aliphatic rings. The summed E-state index contributed by atoms with van der Waals surface area (Å²) in [7, 11) is 0.